The van der Waals surface area contributed by atoms with Crippen LogP contribution in [0, 0.1) is 10.1 Å². The Labute approximate surface area is 175 Å². The molecule has 0 bridgehead atoms. The number of aliphatic hydroxyl groups excluding tert-OH is 1. The van der Waals surface area contributed by atoms with Crippen LogP contribution in [0.15, 0.2) is 48.5 Å². The number of hydrogen-bond acceptors (Lipinski definition) is 6. The summed E-state index contributed by atoms with van der Waals surface area (Å²) in [6, 6.07) is 11.5. The first-order chi connectivity index (χ1) is 14.8. The Morgan fingerprint density at radius 2 is 1.71 bits per heavy atom. The molecule has 0 atom stereocenters. The quantitative estimate of drug-likeness (QED) is 0.355. The lowest BCUT2D eigenvalue weighted by Gasteiger charge is -2.27. The van der Waals surface area contributed by atoms with E-state index in [9.17, 15) is 24.5 Å². The number of carboxylic acid groups (broad SMARTS) is 1. The second kappa shape index (κ2) is 7.62. The Kier molecular flexibility index (Phi) is 4.96. The van der Waals surface area contributed by atoms with Gasteiger partial charge in [0.15, 0.2) is 0 Å². The number of nitro benzene ring substituents is 1. The molecule has 2 amide bonds. The Hall–Kier alpha value is -4.11. The lowest BCUT2D eigenvalue weighted by atomic mass is 9.87. The molecule has 0 spiro atoms. The van der Waals surface area contributed by atoms with E-state index in [1.165, 1.54) is 24.3 Å². The molecule has 2 N–H and O–H groups in total. The number of rotatable bonds is 6. The third-order valence-electron chi connectivity index (χ3n) is 5.25. The number of nitrogens with zero attached hydrogens (tertiary/aromatic N) is 2. The van der Waals surface area contributed by atoms with Crippen LogP contribution in [-0.2, 0) is 0 Å². The molecule has 0 aromatic heterocycles. The van der Waals surface area contributed by atoms with Crippen LogP contribution in [-0.4, -0.2) is 51.0 Å². The van der Waals surface area contributed by atoms with Crippen LogP contribution in [0.5, 0.6) is 0 Å². The second-order valence-electron chi connectivity index (χ2n) is 7.03. The summed E-state index contributed by atoms with van der Waals surface area (Å²) in [5.74, 6) is -2.31. The minimum Gasteiger partial charge on any atom is -0.478 e. The highest BCUT2D eigenvalue weighted by atomic mass is 16.6. The Morgan fingerprint density at radius 3 is 2.32 bits per heavy atom. The SMILES string of the molecule is O=C(O)c1ccc(-c2c([N+](=O)[O-])cc3c4c(cccc24)C(=O)N(CCCO)C3=O)cc1. The molecule has 0 aliphatic carbocycles. The summed E-state index contributed by atoms with van der Waals surface area (Å²) in [5.41, 5.74) is 0.575. The van der Waals surface area contributed by atoms with E-state index in [-0.39, 0.29) is 47.5 Å². The molecule has 1 heterocycles. The molecule has 0 radical (unpaired) electrons. The van der Waals surface area contributed by atoms with Crippen LogP contribution < -0.4 is 0 Å². The molecule has 0 unspecified atom stereocenters. The van der Waals surface area contributed by atoms with Gasteiger partial charge in [-0.2, -0.15) is 0 Å². The number of amides is 2. The Morgan fingerprint density at radius 1 is 1.03 bits per heavy atom. The zero-order valence-corrected chi connectivity index (χ0v) is 16.1. The van der Waals surface area contributed by atoms with Gasteiger partial charge in [-0.3, -0.25) is 24.6 Å². The Balaban J connectivity index is 2.01. The minimum absolute atomic E-state index is 0.00378. The van der Waals surface area contributed by atoms with Crippen LogP contribution in [0.25, 0.3) is 21.9 Å². The molecule has 0 saturated carbocycles. The fourth-order valence-electron chi connectivity index (χ4n) is 3.86. The molecule has 1 aliphatic rings. The fourth-order valence-corrected chi connectivity index (χ4v) is 3.86. The maximum Gasteiger partial charge on any atom is 0.335 e. The van der Waals surface area contributed by atoms with Gasteiger partial charge in [0.25, 0.3) is 17.5 Å². The highest BCUT2D eigenvalue weighted by Gasteiger charge is 2.36. The number of nitro groups is 1. The van der Waals surface area contributed by atoms with Crippen molar-refractivity contribution >= 4 is 34.2 Å². The van der Waals surface area contributed by atoms with Crippen molar-refractivity contribution in [2.75, 3.05) is 13.2 Å². The summed E-state index contributed by atoms with van der Waals surface area (Å²) in [6.07, 6.45) is 0.193. The average molecular weight is 420 g/mol. The molecule has 9 nitrogen and oxygen atoms in total. The molecule has 1 aliphatic heterocycles. The van der Waals surface area contributed by atoms with Crippen molar-refractivity contribution in [3.05, 3.63) is 75.3 Å². The highest BCUT2D eigenvalue weighted by Crippen LogP contribution is 2.42. The first-order valence-electron chi connectivity index (χ1n) is 9.40. The van der Waals surface area contributed by atoms with Crippen LogP contribution in [0.1, 0.15) is 37.5 Å². The predicted octanol–water partition coefficient (Wildman–Crippen LogP) is 3.09. The van der Waals surface area contributed by atoms with E-state index < -0.39 is 22.7 Å². The van der Waals surface area contributed by atoms with Gasteiger partial charge in [-0.05, 0) is 35.6 Å². The topological polar surface area (TPSA) is 138 Å². The van der Waals surface area contributed by atoms with Crippen molar-refractivity contribution in [2.45, 2.75) is 6.42 Å². The highest BCUT2D eigenvalue weighted by molar-refractivity contribution is 6.27. The van der Waals surface area contributed by atoms with Gasteiger partial charge in [0, 0.05) is 30.2 Å². The maximum atomic E-state index is 13.0. The minimum atomic E-state index is -1.13. The standard InChI is InChI=1S/C22H16N2O7/c25-10-2-9-23-20(26)15-4-1-3-14-18(12-5-7-13(8-6-12)22(28)29)17(24(30)31)11-16(19(14)15)21(23)27/h1,3-8,11,25H,2,9-10H2,(H,28,29). The molecule has 3 aromatic rings. The number of benzene rings is 3. The summed E-state index contributed by atoms with van der Waals surface area (Å²) in [6.45, 7) is -0.213. The number of imide groups is 1. The first-order valence-corrected chi connectivity index (χ1v) is 9.40. The van der Waals surface area contributed by atoms with E-state index in [0.29, 0.717) is 16.3 Å². The summed E-state index contributed by atoms with van der Waals surface area (Å²) < 4.78 is 0. The van der Waals surface area contributed by atoms with Gasteiger partial charge in [-0.25, -0.2) is 4.79 Å². The normalized spacial score (nSPS) is 13.0. The van der Waals surface area contributed by atoms with Crippen molar-refractivity contribution < 1.29 is 29.5 Å². The second-order valence-corrected chi connectivity index (χ2v) is 7.03. The van der Waals surface area contributed by atoms with E-state index in [4.69, 9.17) is 10.2 Å². The van der Waals surface area contributed by atoms with Crippen LogP contribution in [0.4, 0.5) is 5.69 Å². The first kappa shape index (κ1) is 20.2. The summed E-state index contributed by atoms with van der Waals surface area (Å²) in [5, 5.41) is 30.8. The van der Waals surface area contributed by atoms with E-state index in [0.717, 1.165) is 11.0 Å². The smallest absolute Gasteiger partial charge is 0.335 e. The van der Waals surface area contributed by atoms with Gasteiger partial charge in [0.1, 0.15) is 0 Å². The number of carbonyl (C=O) groups is 3. The number of carboxylic acids is 1. The van der Waals surface area contributed by atoms with E-state index in [1.807, 2.05) is 0 Å². The van der Waals surface area contributed by atoms with Gasteiger partial charge in [-0.1, -0.05) is 24.3 Å². The van der Waals surface area contributed by atoms with Crippen LogP contribution >= 0.6 is 0 Å². The van der Waals surface area contributed by atoms with Crippen LogP contribution in [0.2, 0.25) is 0 Å². The monoisotopic (exact) mass is 420 g/mol. The van der Waals surface area contributed by atoms with E-state index in [2.05, 4.69) is 0 Å². The van der Waals surface area contributed by atoms with Gasteiger partial charge in [0.2, 0.25) is 0 Å². The molecule has 4 rings (SSSR count). The molecule has 0 fully saturated rings. The van der Waals surface area contributed by atoms with E-state index >= 15 is 0 Å². The van der Waals surface area contributed by atoms with Gasteiger partial charge >= 0.3 is 5.97 Å². The molecular weight excluding hydrogens is 404 g/mol. The third-order valence-corrected chi connectivity index (χ3v) is 5.25. The lowest BCUT2D eigenvalue weighted by Crippen LogP contribution is -2.41. The molecular formula is C22H16N2O7. The van der Waals surface area contributed by atoms with Crippen molar-refractivity contribution in [1.29, 1.82) is 0 Å². The molecule has 0 saturated heterocycles. The number of aromatic carboxylic acids is 1. The van der Waals surface area contributed by atoms with Crippen molar-refractivity contribution in [1.82, 2.24) is 4.90 Å². The molecule has 156 valence electrons. The number of aliphatic hydroxyl groups is 1. The van der Waals surface area contributed by atoms with Crippen LogP contribution in [0.3, 0.4) is 0 Å². The summed E-state index contributed by atoms with van der Waals surface area (Å²) >= 11 is 0. The predicted molar refractivity (Wildman–Crippen MR) is 110 cm³/mol. The van der Waals surface area contributed by atoms with E-state index in [1.54, 1.807) is 18.2 Å². The fraction of sp³-hybridized carbons (Fsp3) is 0.136. The third kappa shape index (κ3) is 3.21. The van der Waals surface area contributed by atoms with Gasteiger partial charge in [0.05, 0.1) is 21.6 Å². The summed E-state index contributed by atoms with van der Waals surface area (Å²) in [7, 11) is 0. The van der Waals surface area contributed by atoms with Gasteiger partial charge in [-0.15, -0.1) is 0 Å². The molecule has 3 aromatic carbocycles. The molecule has 9 heteroatoms. The van der Waals surface area contributed by atoms with Crippen molar-refractivity contribution in [3.63, 3.8) is 0 Å². The Bertz CT molecular complexity index is 1270. The van der Waals surface area contributed by atoms with Gasteiger partial charge < -0.3 is 10.2 Å². The molecule has 31 heavy (non-hydrogen) atoms. The maximum absolute atomic E-state index is 13.0. The average Bonchev–Trinajstić information content (AvgIpc) is 2.76. The number of carbonyl (C=O) groups excluding carboxylic acids is 2. The zero-order chi connectivity index (χ0) is 22.3. The summed E-state index contributed by atoms with van der Waals surface area (Å²) in [4.78, 5) is 49.3. The zero-order valence-electron chi connectivity index (χ0n) is 16.1. The lowest BCUT2D eigenvalue weighted by molar-refractivity contribution is -0.384. The van der Waals surface area contributed by atoms with Crippen molar-refractivity contribution in [3.8, 4) is 11.1 Å². The van der Waals surface area contributed by atoms with Crippen molar-refractivity contribution in [2.24, 2.45) is 0 Å². The number of hydrogen-bond donors (Lipinski definition) is 2. The largest absolute Gasteiger partial charge is 0.478 e.